The first-order valence-corrected chi connectivity index (χ1v) is 39.5. The normalized spacial score (nSPS) is 15.9. The lowest BCUT2D eigenvalue weighted by Crippen LogP contribution is -2.64. The molecule has 4 aromatic carbocycles. The first kappa shape index (κ1) is 99.3. The smallest absolute Gasteiger partial charge is 0.446 e. The molecule has 1 fully saturated rings. The molecule has 0 saturated carbocycles. The number of carboxylic acid groups (broad SMARTS) is 4. The van der Waals surface area contributed by atoms with Gasteiger partial charge in [0.05, 0.1) is 37.6 Å². The third-order valence-electron chi connectivity index (χ3n) is 18.8. The molecule has 5 rings (SSSR count). The summed E-state index contributed by atoms with van der Waals surface area (Å²) in [5, 5.41) is 98.7. The number of nitrogens with one attached hydrogen (secondary N) is 12. The number of phenols is 1. The number of aliphatic hydroxyl groups is 2. The highest BCUT2D eigenvalue weighted by Gasteiger charge is 2.41. The molecule has 1 aliphatic rings. The van der Waals surface area contributed by atoms with E-state index in [0.717, 1.165) is 38.1 Å². The molecule has 1 heterocycles. The van der Waals surface area contributed by atoms with Crippen molar-refractivity contribution in [3.8, 4) is 11.5 Å². The van der Waals surface area contributed by atoms with Crippen LogP contribution in [0.25, 0.3) is 0 Å². The number of carboxylic acids is 4. The van der Waals surface area contributed by atoms with E-state index in [1.54, 1.807) is 24.3 Å². The van der Waals surface area contributed by atoms with Gasteiger partial charge in [0.15, 0.2) is 0 Å². The molecule has 0 bridgehead atoms. The van der Waals surface area contributed by atoms with E-state index in [0.29, 0.717) is 17.5 Å². The molecule has 122 heavy (non-hydrogen) atoms. The Bertz CT molecular complexity index is 4530. The average Bonchev–Trinajstić information content (AvgIpc) is 1.19. The van der Waals surface area contributed by atoms with Gasteiger partial charge < -0.3 is 120 Å². The van der Waals surface area contributed by atoms with Gasteiger partial charge >= 0.3 is 34.3 Å². The van der Waals surface area contributed by atoms with Gasteiger partial charge in [-0.05, 0) is 98.9 Å². The van der Waals surface area contributed by atoms with Gasteiger partial charge in [0, 0.05) is 45.1 Å². The average molecular weight is 1730 g/mol. The fourth-order valence-electron chi connectivity index (χ4n) is 12.4. The van der Waals surface area contributed by atoms with Crippen LogP contribution in [0.3, 0.4) is 0 Å². The summed E-state index contributed by atoms with van der Waals surface area (Å²) >= 11 is 0. The molecule has 24 N–H and O–H groups in total. The highest BCUT2D eigenvalue weighted by Crippen LogP contribution is 2.21. The van der Waals surface area contributed by atoms with E-state index in [1.165, 1.54) is 86.3 Å². The number of primary amides is 1. The first-order chi connectivity index (χ1) is 57.3. The van der Waals surface area contributed by atoms with E-state index < -0.39 is 284 Å². The van der Waals surface area contributed by atoms with E-state index >= 15 is 0 Å². The van der Waals surface area contributed by atoms with E-state index in [-0.39, 0.29) is 36.3 Å². The number of benzene rings is 4. The van der Waals surface area contributed by atoms with Crippen molar-refractivity contribution in [3.63, 3.8) is 0 Å². The fourth-order valence-corrected chi connectivity index (χ4v) is 12.7. The van der Waals surface area contributed by atoms with Crippen LogP contribution in [0.1, 0.15) is 108 Å². The lowest BCUT2D eigenvalue weighted by Gasteiger charge is -2.30. The first-order valence-electron chi connectivity index (χ1n) is 38.1. The summed E-state index contributed by atoms with van der Waals surface area (Å²) in [6.45, 7) is 5.55. The Balaban J connectivity index is 1.44. The maximum Gasteiger partial charge on any atom is 0.446 e. The van der Waals surface area contributed by atoms with E-state index in [1.807, 2.05) is 0 Å². The maximum atomic E-state index is 15.0. The van der Waals surface area contributed by atoms with Crippen LogP contribution in [0.2, 0.25) is 0 Å². The number of aliphatic carboxylic acids is 4. The fraction of sp³-hybridized carbons (Fsp3) is 0.455. The Morgan fingerprint density at radius 2 is 0.803 bits per heavy atom. The quantitative estimate of drug-likeness (QED) is 0.0183. The summed E-state index contributed by atoms with van der Waals surface area (Å²) < 4.78 is 37.0. The second kappa shape index (κ2) is 47.5. The Morgan fingerprint density at radius 1 is 0.443 bits per heavy atom. The monoisotopic (exact) mass is 1730 g/mol. The summed E-state index contributed by atoms with van der Waals surface area (Å²) in [7, 11) is -5.12. The summed E-state index contributed by atoms with van der Waals surface area (Å²) in [5.74, 6) is -24.1. The van der Waals surface area contributed by atoms with Gasteiger partial charge in [-0.25, -0.2) is 0 Å². The highest BCUT2D eigenvalue weighted by molar-refractivity contribution is 7.81. The van der Waals surface area contributed by atoms with Gasteiger partial charge in [-0.2, -0.15) is 8.42 Å². The summed E-state index contributed by atoms with van der Waals surface area (Å²) in [6.07, 6.45) is -9.85. The molecule has 45 heteroatoms. The van der Waals surface area contributed by atoms with Gasteiger partial charge in [-0.15, -0.1) is 0 Å². The number of hydrogen-bond acceptors (Lipinski definition) is 25. The van der Waals surface area contributed by atoms with Gasteiger partial charge in [0.2, 0.25) is 82.7 Å². The summed E-state index contributed by atoms with van der Waals surface area (Å²) in [6, 6.07) is 1.58. The molecular weight excluding hydrogens is 1630 g/mol. The third-order valence-corrected chi connectivity index (χ3v) is 19.2. The number of nitrogens with two attached hydrogens (primary N) is 2. The van der Waals surface area contributed by atoms with Crippen LogP contribution in [0, 0.1) is 5.92 Å². The van der Waals surface area contributed by atoms with Crippen molar-refractivity contribution in [2.45, 2.75) is 202 Å². The molecule has 14 amide bonds. The van der Waals surface area contributed by atoms with Crippen molar-refractivity contribution < 1.29 is 139 Å². The third kappa shape index (κ3) is 33.5. The number of phenolic OH excluding ortho intramolecular Hbond substituents is 1. The number of rotatable bonds is 49. The van der Waals surface area contributed by atoms with Crippen LogP contribution >= 0.6 is 0 Å². The van der Waals surface area contributed by atoms with Crippen molar-refractivity contribution in [1.29, 1.82) is 0 Å². The van der Waals surface area contributed by atoms with Crippen LogP contribution in [-0.2, 0) is 122 Å². The molecule has 4 aromatic rings. The van der Waals surface area contributed by atoms with Crippen molar-refractivity contribution in [2.24, 2.45) is 17.4 Å². The molecular formula is C77H101N15O29S. The van der Waals surface area contributed by atoms with E-state index in [2.05, 4.69) is 68.0 Å². The van der Waals surface area contributed by atoms with Crippen molar-refractivity contribution in [3.05, 3.63) is 131 Å². The van der Waals surface area contributed by atoms with Gasteiger partial charge in [0.25, 0.3) is 0 Å². The standard InChI is InChI=1S/C77H101N15O29S/c1-38(2)62(89-68(108)49(27-29-59(99)100)82-66(106)48(78)26-28-58(97)98)74(114)90-64(41(5)94)76(116)91-63(40(4)93)75(115)88-53(32-43-15-10-7-11-16-43)71(111)84-51(31-42-13-8-6-9-14-42)69(109)87-55(36-61(103)104)73(113)85-52(34-45-20-24-47(25-21-45)121-122(118,119)120)70(110)86-54(35-60(101)102)72(112)83-50(33-44-18-22-46(95)23-19-44)67(107)80-37-57(96)81-39(3)77(117)92-30-12-17-56(92)65(79)105/h6-11,13-16,18-25,38-41,48-56,62-64,93-95H,12,17,26-37,78H2,1-5H3,(H2,79,105)(H,80,107)(H,81,96)(H,82,106)(H,83,112)(H,84,111)(H,85,113)(H,86,110)(H,87,109)(H,88,115)(H,89,108)(H,90,114)(H,91,116)(H,97,98)(H,99,100)(H,101,102)(H,103,104)(H,118,119,120)/t39-,40?,41?,48-,49-,50-,51-,52-,53-,54-,55-,56-,62-,63-,64-/m0/s1. The molecule has 44 nitrogen and oxygen atoms in total. The minimum absolute atomic E-state index is 0.0149. The molecule has 15 atom stereocenters. The van der Waals surface area contributed by atoms with E-state index in [9.17, 15) is 130 Å². The molecule has 0 spiro atoms. The van der Waals surface area contributed by atoms with Gasteiger partial charge in [0.1, 0.15) is 84.0 Å². The maximum absolute atomic E-state index is 15.0. The number of nitrogens with zero attached hydrogens (tertiary/aromatic N) is 1. The highest BCUT2D eigenvalue weighted by atomic mass is 32.3. The zero-order valence-electron chi connectivity index (χ0n) is 66.7. The lowest BCUT2D eigenvalue weighted by atomic mass is 10.0. The second-order valence-electron chi connectivity index (χ2n) is 29.0. The molecule has 1 aliphatic heterocycles. The zero-order chi connectivity index (χ0) is 91.0. The molecule has 1 saturated heterocycles. The Hall–Kier alpha value is -13.3. The molecule has 0 aromatic heterocycles. The van der Waals surface area contributed by atoms with Crippen molar-refractivity contribution in [2.75, 3.05) is 13.1 Å². The van der Waals surface area contributed by atoms with Crippen LogP contribution in [0.15, 0.2) is 109 Å². The second-order valence-corrected chi connectivity index (χ2v) is 30.0. The molecule has 2 unspecified atom stereocenters. The number of hydrogen-bond donors (Lipinski definition) is 22. The molecule has 0 radical (unpaired) electrons. The Morgan fingerprint density at radius 3 is 1.21 bits per heavy atom. The lowest BCUT2D eigenvalue weighted by molar-refractivity contribution is -0.142. The predicted molar refractivity (Wildman–Crippen MR) is 423 cm³/mol. The van der Waals surface area contributed by atoms with Crippen LogP contribution in [0.5, 0.6) is 11.5 Å². The minimum Gasteiger partial charge on any atom is -0.508 e. The van der Waals surface area contributed by atoms with Crippen LogP contribution in [0.4, 0.5) is 0 Å². The minimum atomic E-state index is -5.12. The van der Waals surface area contributed by atoms with Gasteiger partial charge in [-0.3, -0.25) is 90.9 Å². The SMILES string of the molecule is CC(C)[C@H](NC(=O)[C@H](CCC(=O)O)NC(=O)[C@@H](N)CCC(=O)O)C(=O)N[C@H](C(=O)N[C@H](C(=O)N[C@@H](Cc1ccccc1)C(=O)N[C@@H](Cc1ccccc1)C(=O)N[C@@H](CC(=O)O)C(=O)N[C@@H](Cc1ccc(OS(=O)(=O)O)cc1)C(=O)N[C@@H](CC(=O)O)C(=O)N[C@@H](Cc1ccc(O)cc1)C(=O)NCC(=O)N[C@@H](C)C(=O)N1CCC[C@H]1C(N)=O)C(C)O)C(C)O. The van der Waals surface area contributed by atoms with Crippen molar-refractivity contribution >= 4 is 117 Å². The summed E-state index contributed by atoms with van der Waals surface area (Å²) in [5.41, 5.74) is 12.1. The number of amides is 14. The van der Waals surface area contributed by atoms with Crippen LogP contribution in [-0.4, -0.2) is 264 Å². The number of carbonyl (C=O) groups is 18. The number of aliphatic hydroxyl groups excluding tert-OH is 2. The Kier molecular flexibility index (Phi) is 38.7. The van der Waals surface area contributed by atoms with Crippen LogP contribution < -0.4 is 79.5 Å². The zero-order valence-corrected chi connectivity index (χ0v) is 67.5. The Labute approximate surface area is 697 Å². The number of carbonyl (C=O) groups excluding carboxylic acids is 14. The van der Waals surface area contributed by atoms with E-state index in [4.69, 9.17) is 16.6 Å². The topological polar surface area (TPSA) is 712 Å². The number of aromatic hydroxyl groups is 1. The number of likely N-dealkylation sites (tertiary alicyclic amines) is 1. The van der Waals surface area contributed by atoms with Crippen molar-refractivity contribution in [1.82, 2.24) is 68.7 Å². The predicted octanol–water partition coefficient (Wildman–Crippen LogP) is -5.79. The summed E-state index contributed by atoms with van der Waals surface area (Å²) in [4.78, 5) is 245. The largest absolute Gasteiger partial charge is 0.508 e. The molecule has 0 aliphatic carbocycles. The van der Waals surface area contributed by atoms with Gasteiger partial charge in [-0.1, -0.05) is 98.8 Å². The molecule has 664 valence electrons.